The first-order chi connectivity index (χ1) is 5.07. The summed E-state index contributed by atoms with van der Waals surface area (Å²) in [7, 11) is 0. The largest absolute Gasteiger partial charge is 0.351 e. The predicted molar refractivity (Wildman–Crippen MR) is 45.1 cm³/mol. The molecule has 62 valence electrons. The van der Waals surface area contributed by atoms with Crippen LogP contribution < -0.4 is 0 Å². The Morgan fingerprint density at radius 3 is 2.18 bits per heavy atom. The van der Waals surface area contributed by atoms with Gasteiger partial charge in [-0.15, -0.1) is 0 Å². The molecular weight excluding hydrogens is 164 g/mol. The van der Waals surface area contributed by atoms with Gasteiger partial charge in [-0.25, -0.2) is 4.79 Å². The van der Waals surface area contributed by atoms with E-state index in [0.29, 0.717) is 5.57 Å². The molecular formula is C8H11ClO2. The Labute approximate surface area is 71.7 Å². The van der Waals surface area contributed by atoms with Gasteiger partial charge in [0.15, 0.2) is 0 Å². The number of halogens is 1. The highest BCUT2D eigenvalue weighted by Crippen LogP contribution is 2.00. The van der Waals surface area contributed by atoms with Gasteiger partial charge in [0.05, 0.1) is 0 Å². The number of allylic oxidation sites excluding steroid dienone is 3. The minimum atomic E-state index is -0.510. The minimum absolute atomic E-state index is 0.487. The van der Waals surface area contributed by atoms with Crippen LogP contribution in [0.4, 0.5) is 0 Å². The van der Waals surface area contributed by atoms with E-state index in [4.69, 9.17) is 11.9 Å². The first-order valence-electron chi connectivity index (χ1n) is 3.22. The Hall–Kier alpha value is -0.760. The molecule has 0 aromatic carbocycles. The summed E-state index contributed by atoms with van der Waals surface area (Å²) in [6.45, 7) is 5.52. The summed E-state index contributed by atoms with van der Waals surface area (Å²) in [5.74, 6) is -0.510. The molecule has 0 spiro atoms. The number of carbonyl (C=O) groups is 1. The molecule has 0 fully saturated rings. The Morgan fingerprint density at radius 2 is 1.82 bits per heavy atom. The normalized spacial score (nSPS) is 10.7. The molecule has 0 aliphatic rings. The van der Waals surface area contributed by atoms with Crippen molar-refractivity contribution >= 4 is 17.8 Å². The average molecular weight is 175 g/mol. The number of rotatable bonds is 2. The van der Waals surface area contributed by atoms with Crippen molar-refractivity contribution < 1.29 is 9.08 Å². The topological polar surface area (TPSA) is 26.3 Å². The summed E-state index contributed by atoms with van der Waals surface area (Å²) >= 11 is 4.85. The molecule has 0 N–H and O–H groups in total. The van der Waals surface area contributed by atoms with Crippen LogP contribution in [0.2, 0.25) is 0 Å². The second kappa shape index (κ2) is 4.97. The van der Waals surface area contributed by atoms with E-state index in [-0.39, 0.29) is 0 Å². The van der Waals surface area contributed by atoms with Gasteiger partial charge in [-0.3, -0.25) is 0 Å². The zero-order valence-electron chi connectivity index (χ0n) is 6.85. The van der Waals surface area contributed by atoms with Crippen LogP contribution in [-0.4, -0.2) is 5.97 Å². The van der Waals surface area contributed by atoms with Gasteiger partial charge in [-0.1, -0.05) is 17.7 Å². The fraction of sp³-hybridized carbons (Fsp3) is 0.375. The molecule has 11 heavy (non-hydrogen) atoms. The van der Waals surface area contributed by atoms with Crippen LogP contribution in [0.3, 0.4) is 0 Å². The van der Waals surface area contributed by atoms with Crippen LogP contribution >= 0.6 is 11.9 Å². The summed E-state index contributed by atoms with van der Waals surface area (Å²) in [4.78, 5) is 10.7. The van der Waals surface area contributed by atoms with Crippen molar-refractivity contribution in [3.8, 4) is 0 Å². The maximum absolute atomic E-state index is 10.7. The lowest BCUT2D eigenvalue weighted by Crippen LogP contribution is -1.97. The molecule has 0 atom stereocenters. The maximum atomic E-state index is 10.7. The van der Waals surface area contributed by atoms with Crippen LogP contribution in [0.25, 0.3) is 0 Å². The molecule has 0 aromatic heterocycles. The van der Waals surface area contributed by atoms with Gasteiger partial charge in [0.25, 0.3) is 0 Å². The number of hydrogen-bond acceptors (Lipinski definition) is 2. The van der Waals surface area contributed by atoms with Crippen molar-refractivity contribution in [3.63, 3.8) is 0 Å². The predicted octanol–water partition coefficient (Wildman–Crippen LogP) is 2.60. The molecule has 2 nitrogen and oxygen atoms in total. The molecule has 0 aliphatic heterocycles. The van der Waals surface area contributed by atoms with Gasteiger partial charge >= 0.3 is 5.97 Å². The van der Waals surface area contributed by atoms with E-state index < -0.39 is 5.97 Å². The van der Waals surface area contributed by atoms with Crippen LogP contribution in [0.1, 0.15) is 20.8 Å². The Morgan fingerprint density at radius 1 is 1.27 bits per heavy atom. The van der Waals surface area contributed by atoms with Crippen molar-refractivity contribution in [1.82, 2.24) is 0 Å². The van der Waals surface area contributed by atoms with E-state index in [2.05, 4.69) is 4.29 Å². The van der Waals surface area contributed by atoms with Crippen molar-refractivity contribution in [2.45, 2.75) is 20.8 Å². The zero-order chi connectivity index (χ0) is 8.85. The van der Waals surface area contributed by atoms with Gasteiger partial charge in [-0.2, -0.15) is 0 Å². The molecule has 0 saturated carbocycles. The second-order valence-electron chi connectivity index (χ2n) is 2.46. The minimum Gasteiger partial charge on any atom is -0.343 e. The van der Waals surface area contributed by atoms with Gasteiger partial charge in [-0.05, 0) is 20.8 Å². The van der Waals surface area contributed by atoms with Crippen LogP contribution in [0.15, 0.2) is 23.3 Å². The highest BCUT2D eigenvalue weighted by atomic mass is 35.5. The molecule has 0 radical (unpaired) electrons. The molecule has 0 amide bonds. The van der Waals surface area contributed by atoms with Crippen molar-refractivity contribution in [1.29, 1.82) is 0 Å². The molecule has 0 bridgehead atoms. The van der Waals surface area contributed by atoms with Crippen molar-refractivity contribution in [2.24, 2.45) is 0 Å². The fourth-order valence-corrected chi connectivity index (χ4v) is 0.542. The lowest BCUT2D eigenvalue weighted by molar-refractivity contribution is -0.129. The zero-order valence-corrected chi connectivity index (χ0v) is 7.61. The number of hydrogen-bond donors (Lipinski definition) is 0. The summed E-state index contributed by atoms with van der Waals surface area (Å²) in [5, 5.41) is 0. The quantitative estimate of drug-likeness (QED) is 0.475. The Bertz CT molecular complexity index is 200. The standard InChI is InChI=1S/C8H11ClO2/c1-6(2)4-5-7(3)8(10)11-9/h4-5H,1-3H3/b7-5+. The molecule has 0 rings (SSSR count). The summed E-state index contributed by atoms with van der Waals surface area (Å²) < 4.78 is 3.98. The van der Waals surface area contributed by atoms with Crippen LogP contribution in [-0.2, 0) is 9.08 Å². The van der Waals surface area contributed by atoms with E-state index in [0.717, 1.165) is 5.57 Å². The first-order valence-corrected chi connectivity index (χ1v) is 3.53. The van der Waals surface area contributed by atoms with E-state index in [1.807, 2.05) is 19.9 Å². The summed E-state index contributed by atoms with van der Waals surface area (Å²) in [6.07, 6.45) is 3.49. The summed E-state index contributed by atoms with van der Waals surface area (Å²) in [5.41, 5.74) is 1.60. The van der Waals surface area contributed by atoms with Gasteiger partial charge in [0.1, 0.15) is 11.9 Å². The average Bonchev–Trinajstić information content (AvgIpc) is 1.98. The second-order valence-corrected chi connectivity index (χ2v) is 2.61. The van der Waals surface area contributed by atoms with Crippen molar-refractivity contribution in [3.05, 3.63) is 23.3 Å². The highest BCUT2D eigenvalue weighted by Gasteiger charge is 2.01. The lowest BCUT2D eigenvalue weighted by atomic mass is 10.2. The third kappa shape index (κ3) is 4.62. The third-order valence-corrected chi connectivity index (χ3v) is 1.20. The lowest BCUT2D eigenvalue weighted by Gasteiger charge is -1.92. The molecule has 0 aromatic rings. The maximum Gasteiger partial charge on any atom is 0.351 e. The Balaban J connectivity index is 4.23. The van der Waals surface area contributed by atoms with Crippen molar-refractivity contribution in [2.75, 3.05) is 0 Å². The third-order valence-electron chi connectivity index (χ3n) is 1.06. The van der Waals surface area contributed by atoms with E-state index in [9.17, 15) is 4.79 Å². The molecule has 0 heterocycles. The Kier molecular flexibility index (Phi) is 4.62. The number of carbonyl (C=O) groups excluding carboxylic acids is 1. The molecule has 0 saturated heterocycles. The fourth-order valence-electron chi connectivity index (χ4n) is 0.421. The molecule has 3 heteroatoms. The van der Waals surface area contributed by atoms with Gasteiger partial charge in [0.2, 0.25) is 0 Å². The van der Waals surface area contributed by atoms with Gasteiger partial charge in [0, 0.05) is 5.57 Å². The monoisotopic (exact) mass is 174 g/mol. The van der Waals surface area contributed by atoms with E-state index in [1.54, 1.807) is 13.0 Å². The summed E-state index contributed by atoms with van der Waals surface area (Å²) in [6, 6.07) is 0. The van der Waals surface area contributed by atoms with Gasteiger partial charge < -0.3 is 4.29 Å². The van der Waals surface area contributed by atoms with E-state index >= 15 is 0 Å². The van der Waals surface area contributed by atoms with Crippen LogP contribution in [0.5, 0.6) is 0 Å². The highest BCUT2D eigenvalue weighted by molar-refractivity contribution is 6.15. The molecule has 0 aliphatic carbocycles. The first kappa shape index (κ1) is 10.2. The molecule has 0 unspecified atom stereocenters. The SMILES string of the molecule is CC(C)=C/C=C(\C)C(=O)OCl. The van der Waals surface area contributed by atoms with Crippen LogP contribution in [0, 0.1) is 0 Å². The van der Waals surface area contributed by atoms with E-state index in [1.165, 1.54) is 0 Å². The smallest absolute Gasteiger partial charge is 0.343 e.